The SMILES string of the molecule is O=S(=O)(c1ccc(F)cc1)N1CC[C@@H]2[C@H]1c1cc(C#CC3CCCCC3)ccc1N[C@@H]2CO. The summed E-state index contributed by atoms with van der Waals surface area (Å²) in [7, 11) is -3.82. The average molecular weight is 469 g/mol. The number of benzene rings is 2. The van der Waals surface area contributed by atoms with Crippen molar-refractivity contribution in [1.82, 2.24) is 4.31 Å². The maximum atomic E-state index is 13.5. The van der Waals surface area contributed by atoms with Crippen LogP contribution in [0.25, 0.3) is 0 Å². The lowest BCUT2D eigenvalue weighted by Crippen LogP contribution is -2.42. The highest BCUT2D eigenvalue weighted by molar-refractivity contribution is 7.89. The summed E-state index contributed by atoms with van der Waals surface area (Å²) in [5, 5.41) is 13.4. The number of nitrogens with one attached hydrogen (secondary N) is 1. The third kappa shape index (κ3) is 4.28. The van der Waals surface area contributed by atoms with Gasteiger partial charge in [-0.15, -0.1) is 0 Å². The second-order valence-electron chi connectivity index (χ2n) is 9.31. The molecule has 3 atom stereocenters. The fourth-order valence-corrected chi connectivity index (χ4v) is 7.21. The van der Waals surface area contributed by atoms with Crippen molar-refractivity contribution in [2.45, 2.75) is 55.5 Å². The second-order valence-corrected chi connectivity index (χ2v) is 11.2. The van der Waals surface area contributed by atoms with E-state index in [4.69, 9.17) is 0 Å². The Morgan fingerprint density at radius 1 is 1.06 bits per heavy atom. The van der Waals surface area contributed by atoms with Crippen LogP contribution in [0.15, 0.2) is 47.4 Å². The number of halogens is 1. The first kappa shape index (κ1) is 22.4. The molecule has 5 rings (SSSR count). The summed E-state index contributed by atoms with van der Waals surface area (Å²) in [6.07, 6.45) is 6.68. The summed E-state index contributed by atoms with van der Waals surface area (Å²) >= 11 is 0. The van der Waals surface area contributed by atoms with Crippen LogP contribution in [-0.2, 0) is 10.0 Å². The van der Waals surface area contributed by atoms with E-state index in [2.05, 4.69) is 17.2 Å². The Kier molecular flexibility index (Phi) is 6.17. The van der Waals surface area contributed by atoms with Crippen molar-refractivity contribution in [3.63, 3.8) is 0 Å². The fourth-order valence-electron chi connectivity index (χ4n) is 5.54. The summed E-state index contributed by atoms with van der Waals surface area (Å²) in [5.74, 6) is 6.65. The number of anilines is 1. The number of aliphatic hydroxyl groups excluding tert-OH is 1. The molecule has 5 nitrogen and oxygen atoms in total. The molecular formula is C26H29FN2O3S. The second kappa shape index (κ2) is 9.09. The van der Waals surface area contributed by atoms with Crippen LogP contribution in [0.1, 0.15) is 55.7 Å². The summed E-state index contributed by atoms with van der Waals surface area (Å²) in [4.78, 5) is 0.0819. The maximum absolute atomic E-state index is 13.5. The summed E-state index contributed by atoms with van der Waals surface area (Å²) in [5.41, 5.74) is 2.61. The number of hydrogen-bond acceptors (Lipinski definition) is 4. The van der Waals surface area contributed by atoms with E-state index in [0.29, 0.717) is 18.9 Å². The van der Waals surface area contributed by atoms with E-state index in [0.717, 1.165) is 29.7 Å². The van der Waals surface area contributed by atoms with E-state index in [-0.39, 0.29) is 23.5 Å². The van der Waals surface area contributed by atoms with Gasteiger partial charge in [-0.05, 0) is 67.3 Å². The Bertz CT molecular complexity index is 1180. The zero-order valence-corrected chi connectivity index (χ0v) is 19.3. The third-order valence-electron chi connectivity index (χ3n) is 7.27. The standard InChI is InChI=1S/C26H29FN2O3S/c27-20-9-11-21(12-10-20)33(31,32)29-15-14-22-25(17-30)28-24-13-8-19(16-23(24)26(22)29)7-6-18-4-2-1-3-5-18/h8-13,16,18,22,25-26,28,30H,1-5,14-15,17H2/t22-,25+,26-/m0/s1. The average Bonchev–Trinajstić information content (AvgIpc) is 3.30. The van der Waals surface area contributed by atoms with Gasteiger partial charge >= 0.3 is 0 Å². The van der Waals surface area contributed by atoms with Crippen LogP contribution >= 0.6 is 0 Å². The van der Waals surface area contributed by atoms with Gasteiger partial charge in [-0.1, -0.05) is 31.1 Å². The van der Waals surface area contributed by atoms with Crippen molar-refractivity contribution in [3.8, 4) is 11.8 Å². The first-order valence-corrected chi connectivity index (χ1v) is 13.2. The third-order valence-corrected chi connectivity index (χ3v) is 9.16. The van der Waals surface area contributed by atoms with Gasteiger partial charge < -0.3 is 10.4 Å². The number of hydrogen-bond donors (Lipinski definition) is 2. The zero-order chi connectivity index (χ0) is 23.0. The van der Waals surface area contributed by atoms with Crippen LogP contribution in [0.4, 0.5) is 10.1 Å². The van der Waals surface area contributed by atoms with Gasteiger partial charge in [0.1, 0.15) is 5.82 Å². The van der Waals surface area contributed by atoms with Gasteiger partial charge in [0.15, 0.2) is 0 Å². The molecule has 0 spiro atoms. The zero-order valence-electron chi connectivity index (χ0n) is 18.5. The van der Waals surface area contributed by atoms with E-state index in [1.54, 1.807) is 0 Å². The molecule has 0 aromatic heterocycles. The van der Waals surface area contributed by atoms with Gasteiger partial charge in [-0.25, -0.2) is 12.8 Å². The molecule has 2 heterocycles. The molecule has 2 aromatic carbocycles. The largest absolute Gasteiger partial charge is 0.394 e. The van der Waals surface area contributed by atoms with E-state index in [1.807, 2.05) is 18.2 Å². The van der Waals surface area contributed by atoms with Crippen LogP contribution in [0, 0.1) is 29.5 Å². The summed E-state index contributed by atoms with van der Waals surface area (Å²) in [6.45, 7) is 0.277. The normalized spacial score (nSPS) is 25.5. The van der Waals surface area contributed by atoms with Gasteiger partial charge in [-0.2, -0.15) is 4.31 Å². The number of nitrogens with zero attached hydrogens (tertiary/aromatic N) is 1. The molecule has 174 valence electrons. The van der Waals surface area contributed by atoms with E-state index < -0.39 is 21.9 Å². The Morgan fingerprint density at radius 2 is 1.82 bits per heavy atom. The molecule has 2 aromatic rings. The van der Waals surface area contributed by atoms with Gasteiger partial charge in [0.25, 0.3) is 0 Å². The molecule has 3 aliphatic rings. The van der Waals surface area contributed by atoms with Crippen LogP contribution in [0.3, 0.4) is 0 Å². The van der Waals surface area contributed by atoms with Crippen molar-refractivity contribution < 1.29 is 17.9 Å². The lowest BCUT2D eigenvalue weighted by Gasteiger charge is -2.38. The quantitative estimate of drug-likeness (QED) is 0.660. The first-order chi connectivity index (χ1) is 16.0. The molecule has 2 N–H and O–H groups in total. The smallest absolute Gasteiger partial charge is 0.243 e. The molecule has 2 fully saturated rings. The lowest BCUT2D eigenvalue weighted by atomic mass is 9.83. The van der Waals surface area contributed by atoms with Crippen molar-refractivity contribution in [1.29, 1.82) is 0 Å². The summed E-state index contributed by atoms with van der Waals surface area (Å²) in [6, 6.07) is 10.3. The van der Waals surface area contributed by atoms with Crippen LogP contribution < -0.4 is 5.32 Å². The Labute approximate surface area is 195 Å². The number of fused-ring (bicyclic) bond motifs is 3. The number of aliphatic hydroxyl groups is 1. The number of sulfonamides is 1. The van der Waals surface area contributed by atoms with E-state index in [9.17, 15) is 17.9 Å². The molecule has 1 saturated heterocycles. The van der Waals surface area contributed by atoms with Crippen molar-refractivity contribution in [3.05, 3.63) is 59.4 Å². The molecule has 1 saturated carbocycles. The van der Waals surface area contributed by atoms with Crippen LogP contribution in [0.5, 0.6) is 0 Å². The van der Waals surface area contributed by atoms with E-state index in [1.165, 1.54) is 47.8 Å². The summed E-state index contributed by atoms with van der Waals surface area (Å²) < 4.78 is 42.0. The van der Waals surface area contributed by atoms with Gasteiger partial charge in [0, 0.05) is 29.6 Å². The highest BCUT2D eigenvalue weighted by atomic mass is 32.2. The molecule has 33 heavy (non-hydrogen) atoms. The Balaban J connectivity index is 1.52. The lowest BCUT2D eigenvalue weighted by molar-refractivity contribution is 0.210. The minimum Gasteiger partial charge on any atom is -0.394 e. The van der Waals surface area contributed by atoms with E-state index >= 15 is 0 Å². The van der Waals surface area contributed by atoms with Crippen molar-refractivity contribution in [2.24, 2.45) is 11.8 Å². The molecule has 1 aliphatic carbocycles. The number of rotatable bonds is 3. The molecule has 0 radical (unpaired) electrons. The predicted octanol–water partition coefficient (Wildman–Crippen LogP) is 4.30. The van der Waals surface area contributed by atoms with Gasteiger partial charge in [-0.3, -0.25) is 0 Å². The van der Waals surface area contributed by atoms with Crippen molar-refractivity contribution >= 4 is 15.7 Å². The molecule has 2 aliphatic heterocycles. The van der Waals surface area contributed by atoms with Crippen LogP contribution in [-0.4, -0.2) is 37.0 Å². The Morgan fingerprint density at radius 3 is 2.55 bits per heavy atom. The van der Waals surface area contributed by atoms with Crippen molar-refractivity contribution in [2.75, 3.05) is 18.5 Å². The minimum atomic E-state index is -3.82. The topological polar surface area (TPSA) is 69.6 Å². The van der Waals surface area contributed by atoms with Gasteiger partial charge in [0.2, 0.25) is 10.0 Å². The molecule has 7 heteroatoms. The van der Waals surface area contributed by atoms with Crippen LogP contribution in [0.2, 0.25) is 0 Å². The molecule has 0 unspecified atom stereocenters. The highest BCUT2D eigenvalue weighted by Gasteiger charge is 2.48. The fraction of sp³-hybridized carbons (Fsp3) is 0.462. The monoisotopic (exact) mass is 468 g/mol. The minimum absolute atomic E-state index is 0.0562. The van der Waals surface area contributed by atoms with Gasteiger partial charge in [0.05, 0.1) is 23.6 Å². The molecular weight excluding hydrogens is 439 g/mol. The predicted molar refractivity (Wildman–Crippen MR) is 126 cm³/mol. The Hall–Kier alpha value is -2.40. The highest BCUT2D eigenvalue weighted by Crippen LogP contribution is 2.48. The molecule has 0 amide bonds. The first-order valence-electron chi connectivity index (χ1n) is 11.8. The molecule has 0 bridgehead atoms. The maximum Gasteiger partial charge on any atom is 0.243 e.